The minimum Gasteiger partial charge on any atom is -0.479 e. The molecule has 0 fully saturated rings. The van der Waals surface area contributed by atoms with E-state index < -0.39 is 5.97 Å². The summed E-state index contributed by atoms with van der Waals surface area (Å²) in [5.41, 5.74) is 0.738. The van der Waals surface area contributed by atoms with Crippen molar-refractivity contribution < 1.29 is 27.0 Å². The van der Waals surface area contributed by atoms with E-state index >= 15 is 0 Å². The van der Waals surface area contributed by atoms with E-state index in [1.165, 1.54) is 0 Å². The summed E-state index contributed by atoms with van der Waals surface area (Å²) in [6.45, 7) is 0. The van der Waals surface area contributed by atoms with Crippen molar-refractivity contribution in [2.45, 2.75) is 0 Å². The van der Waals surface area contributed by atoms with Gasteiger partial charge in [-0.1, -0.05) is 11.5 Å². The summed E-state index contributed by atoms with van der Waals surface area (Å²) in [5, 5.41) is 8.14. The fourth-order valence-corrected chi connectivity index (χ4v) is 0.904. The Morgan fingerprint density at radius 2 is 1.69 bits per heavy atom. The SMILES string of the molecule is O=C(O)C#C[c-]1cccc1.[Fe].c1cc[cH-]c1. The Kier molecular flexibility index (Phi) is 7.61. The summed E-state index contributed by atoms with van der Waals surface area (Å²) in [5.74, 6) is 3.39. The first-order valence-corrected chi connectivity index (χ1v) is 4.42. The van der Waals surface area contributed by atoms with Gasteiger partial charge in [0, 0.05) is 17.1 Å². The number of rotatable bonds is 0. The molecule has 0 aliphatic heterocycles. The van der Waals surface area contributed by atoms with Gasteiger partial charge in [0.05, 0.1) is 0 Å². The van der Waals surface area contributed by atoms with Crippen LogP contribution in [-0.4, -0.2) is 11.1 Å². The van der Waals surface area contributed by atoms with Crippen LogP contribution in [0.4, 0.5) is 0 Å². The molecule has 2 aromatic rings. The molecule has 0 amide bonds. The summed E-state index contributed by atoms with van der Waals surface area (Å²) < 4.78 is 0. The molecule has 2 nitrogen and oxygen atoms in total. The zero-order chi connectivity index (χ0) is 10.9. The Morgan fingerprint density at radius 1 is 1.12 bits per heavy atom. The van der Waals surface area contributed by atoms with Crippen LogP contribution in [0.5, 0.6) is 0 Å². The Morgan fingerprint density at radius 3 is 2.06 bits per heavy atom. The van der Waals surface area contributed by atoms with Crippen molar-refractivity contribution in [2.24, 2.45) is 0 Å². The first-order chi connectivity index (χ1) is 7.29. The maximum atomic E-state index is 9.92. The molecule has 0 heterocycles. The van der Waals surface area contributed by atoms with Crippen molar-refractivity contribution in [2.75, 3.05) is 0 Å². The first kappa shape index (κ1) is 14.2. The third kappa shape index (κ3) is 6.67. The molecule has 0 atom stereocenters. The topological polar surface area (TPSA) is 37.3 Å². The van der Waals surface area contributed by atoms with Crippen LogP contribution in [0.3, 0.4) is 0 Å². The van der Waals surface area contributed by atoms with E-state index in [4.69, 9.17) is 5.11 Å². The zero-order valence-corrected chi connectivity index (χ0v) is 9.51. The Bertz CT molecular complexity index is 413. The van der Waals surface area contributed by atoms with Crippen LogP contribution in [0, 0.1) is 11.8 Å². The van der Waals surface area contributed by atoms with Gasteiger partial charge in [-0.3, -0.25) is 0 Å². The molecule has 0 spiro atoms. The van der Waals surface area contributed by atoms with Crippen molar-refractivity contribution in [3.63, 3.8) is 0 Å². The predicted octanol–water partition coefficient (Wildman–Crippen LogP) is 2.24. The van der Waals surface area contributed by atoms with Crippen molar-refractivity contribution in [3.8, 4) is 11.8 Å². The average Bonchev–Trinajstić information content (AvgIpc) is 2.91. The van der Waals surface area contributed by atoms with Crippen LogP contribution >= 0.6 is 0 Å². The molecule has 3 heteroatoms. The fourth-order valence-electron chi connectivity index (χ4n) is 0.904. The Balaban J connectivity index is 0.000000318. The molecule has 2 aromatic carbocycles. The van der Waals surface area contributed by atoms with Gasteiger partial charge in [-0.25, -0.2) is 16.9 Å². The van der Waals surface area contributed by atoms with Gasteiger partial charge in [-0.15, -0.1) is 12.1 Å². The molecule has 2 rings (SSSR count). The number of aliphatic carboxylic acids is 1. The normalized spacial score (nSPS) is 7.50. The maximum Gasteiger partial charge on any atom is 0.330 e. The van der Waals surface area contributed by atoms with Crippen molar-refractivity contribution >= 4 is 5.97 Å². The molecule has 0 saturated carbocycles. The van der Waals surface area contributed by atoms with Gasteiger partial charge in [0.15, 0.2) is 0 Å². The van der Waals surface area contributed by atoms with Gasteiger partial charge >= 0.3 is 5.97 Å². The Labute approximate surface area is 105 Å². The number of carboxylic acid groups (broad SMARTS) is 1. The van der Waals surface area contributed by atoms with Crippen LogP contribution in [0.2, 0.25) is 0 Å². The summed E-state index contributed by atoms with van der Waals surface area (Å²) in [6.07, 6.45) is 0. The number of carbonyl (C=O) groups is 1. The molecule has 0 radical (unpaired) electrons. The predicted molar refractivity (Wildman–Crippen MR) is 58.6 cm³/mol. The van der Waals surface area contributed by atoms with E-state index in [0.717, 1.165) is 5.56 Å². The molecular formula is C13H10FeO2-2. The molecule has 0 aromatic heterocycles. The van der Waals surface area contributed by atoms with Crippen LogP contribution in [0.25, 0.3) is 0 Å². The molecule has 16 heavy (non-hydrogen) atoms. The molecule has 1 N–H and O–H groups in total. The van der Waals surface area contributed by atoms with Crippen LogP contribution in [0.15, 0.2) is 54.6 Å². The third-order valence-electron chi connectivity index (χ3n) is 1.53. The second-order valence-electron chi connectivity index (χ2n) is 2.69. The summed E-state index contributed by atoms with van der Waals surface area (Å²) in [6, 6.07) is 17.1. The van der Waals surface area contributed by atoms with Crippen molar-refractivity contribution in [3.05, 3.63) is 60.2 Å². The monoisotopic (exact) mass is 254 g/mol. The number of hydrogen-bond donors (Lipinski definition) is 1. The zero-order valence-electron chi connectivity index (χ0n) is 8.41. The number of carboxylic acids is 1. The first-order valence-electron chi connectivity index (χ1n) is 4.42. The van der Waals surface area contributed by atoms with E-state index in [0.29, 0.717) is 0 Å². The van der Waals surface area contributed by atoms with Crippen molar-refractivity contribution in [1.29, 1.82) is 0 Å². The second-order valence-corrected chi connectivity index (χ2v) is 2.69. The summed E-state index contributed by atoms with van der Waals surface area (Å²) >= 11 is 0. The van der Waals surface area contributed by atoms with Crippen molar-refractivity contribution in [1.82, 2.24) is 0 Å². The summed E-state index contributed by atoms with van der Waals surface area (Å²) in [7, 11) is 0. The van der Waals surface area contributed by atoms with Gasteiger partial charge in [0.1, 0.15) is 0 Å². The molecule has 84 valence electrons. The third-order valence-corrected chi connectivity index (χ3v) is 1.53. The van der Waals surface area contributed by atoms with Gasteiger partial charge in [-0.2, -0.15) is 36.3 Å². The quantitative estimate of drug-likeness (QED) is 0.444. The maximum absolute atomic E-state index is 9.92. The van der Waals surface area contributed by atoms with E-state index in [9.17, 15) is 4.79 Å². The number of hydrogen-bond acceptors (Lipinski definition) is 1. The second kappa shape index (κ2) is 8.55. The molecule has 0 aliphatic carbocycles. The summed E-state index contributed by atoms with van der Waals surface area (Å²) in [4.78, 5) is 9.92. The van der Waals surface area contributed by atoms with Gasteiger partial charge < -0.3 is 5.11 Å². The molecule has 0 aliphatic rings. The fraction of sp³-hybridized carbons (Fsp3) is 0. The van der Waals surface area contributed by atoms with E-state index in [1.807, 2.05) is 48.4 Å². The minimum absolute atomic E-state index is 0. The molecule has 0 bridgehead atoms. The van der Waals surface area contributed by atoms with E-state index in [-0.39, 0.29) is 17.1 Å². The molecule has 0 saturated heterocycles. The van der Waals surface area contributed by atoms with Crippen LogP contribution < -0.4 is 0 Å². The minimum atomic E-state index is -1.10. The standard InChI is InChI=1S/C8H5O2.C5H5.Fe/c9-8(10)6-5-7-3-1-2-4-7;1-2-4-5-3-1;/h1-4H,(H,9,10);1-5H;/q2*-1;. The van der Waals surface area contributed by atoms with Crippen LogP contribution in [-0.2, 0) is 21.9 Å². The van der Waals surface area contributed by atoms with Gasteiger partial charge in [0.25, 0.3) is 0 Å². The van der Waals surface area contributed by atoms with Gasteiger partial charge in [-0.05, 0) is 0 Å². The van der Waals surface area contributed by atoms with Crippen LogP contribution in [0.1, 0.15) is 5.56 Å². The van der Waals surface area contributed by atoms with Gasteiger partial charge in [0.2, 0.25) is 0 Å². The molecular weight excluding hydrogens is 244 g/mol. The van der Waals surface area contributed by atoms with E-state index in [2.05, 4.69) is 5.92 Å². The molecule has 0 unspecified atom stereocenters. The van der Waals surface area contributed by atoms with E-state index in [1.54, 1.807) is 12.1 Å². The largest absolute Gasteiger partial charge is 0.479 e. The Hall–Kier alpha value is -1.75. The average molecular weight is 254 g/mol. The smallest absolute Gasteiger partial charge is 0.330 e.